The van der Waals surface area contributed by atoms with E-state index in [9.17, 15) is 13.6 Å². The maximum Gasteiger partial charge on any atom is 0.319 e. The zero-order chi connectivity index (χ0) is 17.6. The summed E-state index contributed by atoms with van der Waals surface area (Å²) >= 11 is 0. The van der Waals surface area contributed by atoms with Gasteiger partial charge in [-0.25, -0.2) is 13.6 Å². The zero-order valence-electron chi connectivity index (χ0n) is 13.8. The number of hydrogen-bond donors (Lipinski definition) is 2. The van der Waals surface area contributed by atoms with Gasteiger partial charge in [0.1, 0.15) is 17.4 Å². The molecule has 1 aromatic carbocycles. The number of carbonyl (C=O) groups excluding carboxylic acids is 1. The van der Waals surface area contributed by atoms with Crippen LogP contribution in [0.1, 0.15) is 31.1 Å². The Morgan fingerprint density at radius 2 is 2.00 bits per heavy atom. The van der Waals surface area contributed by atoms with Gasteiger partial charge >= 0.3 is 6.03 Å². The van der Waals surface area contributed by atoms with Crippen LogP contribution in [0.2, 0.25) is 0 Å². The Morgan fingerprint density at radius 1 is 1.20 bits per heavy atom. The second kappa shape index (κ2) is 8.11. The minimum Gasteiger partial charge on any atom is -0.468 e. The van der Waals surface area contributed by atoms with E-state index in [2.05, 4.69) is 15.5 Å². The molecule has 1 aliphatic rings. The molecule has 134 valence electrons. The van der Waals surface area contributed by atoms with E-state index in [1.54, 1.807) is 6.26 Å². The standard InChI is InChI=1S/C18H21F2N3O2/c19-13-6-7-15(14(20)11-13)22-18(24)21-12-16(17-5-4-10-25-17)23-8-2-1-3-9-23/h4-7,10-11,16H,1-3,8-9,12H2,(H2,21,22,24)/t16-/m1/s1. The maximum absolute atomic E-state index is 13.6. The first-order chi connectivity index (χ1) is 12.1. The van der Waals surface area contributed by atoms with Crippen molar-refractivity contribution in [2.24, 2.45) is 0 Å². The Morgan fingerprint density at radius 3 is 2.68 bits per heavy atom. The van der Waals surface area contributed by atoms with E-state index in [4.69, 9.17) is 4.42 Å². The van der Waals surface area contributed by atoms with Crippen molar-refractivity contribution in [2.75, 3.05) is 25.0 Å². The van der Waals surface area contributed by atoms with Gasteiger partial charge in [-0.15, -0.1) is 0 Å². The minimum atomic E-state index is -0.811. The predicted molar refractivity (Wildman–Crippen MR) is 90.3 cm³/mol. The summed E-state index contributed by atoms with van der Waals surface area (Å²) in [6.45, 7) is 2.23. The average Bonchev–Trinajstić information content (AvgIpc) is 3.13. The number of piperidine rings is 1. The van der Waals surface area contributed by atoms with Gasteiger partial charge in [-0.1, -0.05) is 6.42 Å². The smallest absolute Gasteiger partial charge is 0.319 e. The fourth-order valence-corrected chi connectivity index (χ4v) is 3.07. The van der Waals surface area contributed by atoms with E-state index >= 15 is 0 Å². The van der Waals surface area contributed by atoms with E-state index in [0.717, 1.165) is 43.8 Å². The molecule has 1 atom stereocenters. The monoisotopic (exact) mass is 349 g/mol. The average molecular weight is 349 g/mol. The van der Waals surface area contributed by atoms with Crippen LogP contribution in [0, 0.1) is 11.6 Å². The van der Waals surface area contributed by atoms with Crippen molar-refractivity contribution in [3.63, 3.8) is 0 Å². The molecule has 0 saturated carbocycles. The highest BCUT2D eigenvalue weighted by Crippen LogP contribution is 2.24. The molecule has 0 aliphatic carbocycles. The molecule has 0 unspecified atom stereocenters. The highest BCUT2D eigenvalue weighted by molar-refractivity contribution is 5.89. The van der Waals surface area contributed by atoms with Crippen LogP contribution in [0.25, 0.3) is 0 Å². The first-order valence-corrected chi connectivity index (χ1v) is 8.41. The Bertz CT molecular complexity index is 700. The van der Waals surface area contributed by atoms with Crippen LogP contribution in [-0.4, -0.2) is 30.6 Å². The first kappa shape index (κ1) is 17.4. The van der Waals surface area contributed by atoms with E-state index in [1.807, 2.05) is 12.1 Å². The highest BCUT2D eigenvalue weighted by Gasteiger charge is 2.25. The fraction of sp³-hybridized carbons (Fsp3) is 0.389. The number of nitrogens with zero attached hydrogens (tertiary/aromatic N) is 1. The van der Waals surface area contributed by atoms with Gasteiger partial charge in [0.2, 0.25) is 0 Å². The largest absolute Gasteiger partial charge is 0.468 e. The number of benzene rings is 1. The molecule has 1 aromatic heterocycles. The number of rotatable bonds is 5. The summed E-state index contributed by atoms with van der Waals surface area (Å²) in [5.74, 6) is -0.713. The molecule has 0 spiro atoms. The first-order valence-electron chi connectivity index (χ1n) is 8.41. The van der Waals surface area contributed by atoms with Crippen molar-refractivity contribution in [1.29, 1.82) is 0 Å². The van der Waals surface area contributed by atoms with Gasteiger partial charge in [0.25, 0.3) is 0 Å². The van der Waals surface area contributed by atoms with Gasteiger partial charge < -0.3 is 15.1 Å². The van der Waals surface area contributed by atoms with Gasteiger partial charge in [-0.05, 0) is 50.2 Å². The highest BCUT2D eigenvalue weighted by atomic mass is 19.1. The van der Waals surface area contributed by atoms with Gasteiger partial charge in [-0.2, -0.15) is 0 Å². The molecule has 2 heterocycles. The van der Waals surface area contributed by atoms with Crippen molar-refractivity contribution < 1.29 is 18.0 Å². The van der Waals surface area contributed by atoms with Gasteiger partial charge in [-0.3, -0.25) is 4.90 Å². The predicted octanol–water partition coefficient (Wildman–Crippen LogP) is 3.91. The molecule has 2 amide bonds. The van der Waals surface area contributed by atoms with E-state index in [-0.39, 0.29) is 11.7 Å². The lowest BCUT2D eigenvalue weighted by Crippen LogP contribution is -2.41. The van der Waals surface area contributed by atoms with Crippen LogP contribution in [0.5, 0.6) is 0 Å². The maximum atomic E-state index is 13.6. The normalized spacial score (nSPS) is 16.4. The van der Waals surface area contributed by atoms with Crippen molar-refractivity contribution in [3.05, 3.63) is 54.0 Å². The van der Waals surface area contributed by atoms with E-state index in [1.165, 1.54) is 12.5 Å². The molecule has 3 rings (SSSR count). The summed E-state index contributed by atoms with van der Waals surface area (Å²) in [6, 6.07) is 6.11. The molecule has 1 aliphatic heterocycles. The summed E-state index contributed by atoms with van der Waals surface area (Å²) in [6.07, 6.45) is 5.05. The number of hydrogen-bond acceptors (Lipinski definition) is 3. The lowest BCUT2D eigenvalue weighted by atomic mass is 10.1. The van der Waals surface area contributed by atoms with Crippen molar-refractivity contribution in [2.45, 2.75) is 25.3 Å². The van der Waals surface area contributed by atoms with Crippen LogP contribution in [0.4, 0.5) is 19.3 Å². The summed E-state index contributed by atoms with van der Waals surface area (Å²) in [5.41, 5.74) is -0.0635. The number of carbonyl (C=O) groups is 1. The number of halogens is 2. The van der Waals surface area contributed by atoms with Crippen LogP contribution in [0.3, 0.4) is 0 Å². The van der Waals surface area contributed by atoms with E-state index in [0.29, 0.717) is 6.54 Å². The molecule has 2 aromatic rings. The number of nitrogens with one attached hydrogen (secondary N) is 2. The third-order valence-electron chi connectivity index (χ3n) is 4.34. The lowest BCUT2D eigenvalue weighted by molar-refractivity contribution is 0.144. The van der Waals surface area contributed by atoms with Crippen LogP contribution in [-0.2, 0) is 0 Å². The van der Waals surface area contributed by atoms with Crippen molar-refractivity contribution >= 4 is 11.7 Å². The van der Waals surface area contributed by atoms with Crippen LogP contribution >= 0.6 is 0 Å². The molecule has 1 saturated heterocycles. The Hall–Kier alpha value is -2.41. The van der Waals surface area contributed by atoms with Gasteiger partial charge in [0.05, 0.1) is 18.0 Å². The molecule has 25 heavy (non-hydrogen) atoms. The molecular weight excluding hydrogens is 328 g/mol. The zero-order valence-corrected chi connectivity index (χ0v) is 13.8. The SMILES string of the molecule is O=C(NC[C@H](c1ccco1)N1CCCCC1)Nc1ccc(F)cc1F. The van der Waals surface area contributed by atoms with Gasteiger partial charge in [0, 0.05) is 12.6 Å². The topological polar surface area (TPSA) is 57.5 Å². The summed E-state index contributed by atoms with van der Waals surface area (Å²) in [4.78, 5) is 14.4. The molecule has 0 radical (unpaired) electrons. The molecule has 5 nitrogen and oxygen atoms in total. The number of likely N-dealkylation sites (tertiary alicyclic amines) is 1. The Labute approximate surface area is 145 Å². The number of urea groups is 1. The van der Waals surface area contributed by atoms with Crippen LogP contribution < -0.4 is 10.6 Å². The van der Waals surface area contributed by atoms with Crippen molar-refractivity contribution in [3.8, 4) is 0 Å². The quantitative estimate of drug-likeness (QED) is 0.861. The minimum absolute atomic E-state index is 0.0635. The van der Waals surface area contributed by atoms with Crippen LogP contribution in [0.15, 0.2) is 41.0 Å². The number of furan rings is 1. The van der Waals surface area contributed by atoms with Crippen molar-refractivity contribution in [1.82, 2.24) is 10.2 Å². The third-order valence-corrected chi connectivity index (χ3v) is 4.34. The molecule has 1 fully saturated rings. The Kier molecular flexibility index (Phi) is 5.65. The second-order valence-electron chi connectivity index (χ2n) is 6.09. The fourth-order valence-electron chi connectivity index (χ4n) is 3.07. The molecule has 7 heteroatoms. The number of amides is 2. The number of anilines is 1. The van der Waals surface area contributed by atoms with E-state index < -0.39 is 17.7 Å². The molecular formula is C18H21F2N3O2. The lowest BCUT2D eigenvalue weighted by Gasteiger charge is -2.33. The summed E-state index contributed by atoms with van der Waals surface area (Å²) < 4.78 is 32.1. The Balaban J connectivity index is 1.61. The summed E-state index contributed by atoms with van der Waals surface area (Å²) in [7, 11) is 0. The molecule has 2 N–H and O–H groups in total. The summed E-state index contributed by atoms with van der Waals surface area (Å²) in [5, 5.41) is 5.15. The second-order valence-corrected chi connectivity index (χ2v) is 6.09. The third kappa shape index (κ3) is 4.57. The van der Waals surface area contributed by atoms with Gasteiger partial charge in [0.15, 0.2) is 0 Å². The molecule has 0 bridgehead atoms.